The van der Waals surface area contributed by atoms with Crippen LogP contribution in [0.25, 0.3) is 22.2 Å². The number of pyridine rings is 1. The quantitative estimate of drug-likeness (QED) is 0.435. The Bertz CT molecular complexity index is 1290. The van der Waals surface area contributed by atoms with Crippen LogP contribution in [-0.2, 0) is 0 Å². The first-order valence-electron chi connectivity index (χ1n) is 9.64. The van der Waals surface area contributed by atoms with Gasteiger partial charge in [0, 0.05) is 16.9 Å². The fourth-order valence-corrected chi connectivity index (χ4v) is 3.40. The summed E-state index contributed by atoms with van der Waals surface area (Å²) >= 11 is 0. The van der Waals surface area contributed by atoms with Gasteiger partial charge >= 0.3 is 6.61 Å². The van der Waals surface area contributed by atoms with Crippen LogP contribution in [0.1, 0.15) is 21.7 Å². The molecular weight excluding hydrogens is 420 g/mol. The molecule has 0 aliphatic rings. The van der Waals surface area contributed by atoms with Crippen molar-refractivity contribution >= 4 is 22.7 Å². The van der Waals surface area contributed by atoms with Crippen molar-refractivity contribution in [3.05, 3.63) is 65.5 Å². The maximum atomic E-state index is 13.0. The molecule has 0 saturated heterocycles. The van der Waals surface area contributed by atoms with Crippen LogP contribution in [0.4, 0.5) is 14.5 Å². The van der Waals surface area contributed by atoms with E-state index < -0.39 is 12.5 Å². The van der Waals surface area contributed by atoms with E-state index in [1.165, 1.54) is 19.2 Å². The highest BCUT2D eigenvalue weighted by molar-refractivity contribution is 6.12. The molecule has 164 valence electrons. The maximum absolute atomic E-state index is 13.0. The van der Waals surface area contributed by atoms with Gasteiger partial charge in [0.15, 0.2) is 0 Å². The minimum absolute atomic E-state index is 0.0137. The number of rotatable bonds is 6. The van der Waals surface area contributed by atoms with Crippen LogP contribution in [-0.4, -0.2) is 29.8 Å². The summed E-state index contributed by atoms with van der Waals surface area (Å²) in [5.41, 5.74) is 3.17. The van der Waals surface area contributed by atoms with Crippen LogP contribution >= 0.6 is 0 Å². The molecule has 0 fully saturated rings. The highest BCUT2D eigenvalue weighted by Gasteiger charge is 2.19. The van der Waals surface area contributed by atoms with Crippen molar-refractivity contribution in [2.45, 2.75) is 20.5 Å². The number of nitrogens with zero attached hydrogens (tertiary/aromatic N) is 2. The molecule has 4 rings (SSSR count). The van der Waals surface area contributed by atoms with Crippen molar-refractivity contribution in [3.63, 3.8) is 0 Å². The minimum atomic E-state index is -2.99. The number of carbonyl (C=O) groups is 1. The summed E-state index contributed by atoms with van der Waals surface area (Å²) in [6.07, 6.45) is 0. The number of nitrogens with one attached hydrogen (secondary N) is 1. The van der Waals surface area contributed by atoms with Crippen LogP contribution in [0.5, 0.6) is 11.5 Å². The molecule has 0 radical (unpaired) electrons. The van der Waals surface area contributed by atoms with Gasteiger partial charge in [0.25, 0.3) is 11.6 Å². The van der Waals surface area contributed by atoms with E-state index in [1.807, 2.05) is 0 Å². The van der Waals surface area contributed by atoms with Crippen molar-refractivity contribution < 1.29 is 27.6 Å². The second-order valence-corrected chi connectivity index (χ2v) is 7.03. The van der Waals surface area contributed by atoms with Crippen LogP contribution in [0, 0.1) is 13.8 Å². The standard InChI is InChI=1S/C23H19F2N3O4/c1-12-10-18(20-13(2)28-32-22(20)26-12)21(29)27-15-6-9-19(31-23(24)25)17(11-15)14-4-7-16(30-3)8-5-14/h4-11,23H,1-3H3,(H,27,29). The molecule has 1 N–H and O–H groups in total. The van der Waals surface area contributed by atoms with Crippen molar-refractivity contribution in [1.82, 2.24) is 10.1 Å². The molecule has 0 spiro atoms. The number of amides is 1. The number of hydrogen-bond acceptors (Lipinski definition) is 6. The Morgan fingerprint density at radius 3 is 2.53 bits per heavy atom. The van der Waals surface area contributed by atoms with Crippen molar-refractivity contribution in [2.75, 3.05) is 12.4 Å². The number of hydrogen-bond donors (Lipinski definition) is 1. The zero-order chi connectivity index (χ0) is 22.8. The number of halogens is 2. The van der Waals surface area contributed by atoms with Gasteiger partial charge in [-0.25, -0.2) is 4.98 Å². The summed E-state index contributed by atoms with van der Waals surface area (Å²) in [5.74, 6) is 0.200. The van der Waals surface area contributed by atoms with Gasteiger partial charge in [-0.3, -0.25) is 4.79 Å². The number of alkyl halides is 2. The third-order valence-corrected chi connectivity index (χ3v) is 4.84. The van der Waals surface area contributed by atoms with Crippen LogP contribution in [0.3, 0.4) is 0 Å². The molecule has 0 unspecified atom stereocenters. The molecule has 4 aromatic rings. The highest BCUT2D eigenvalue weighted by atomic mass is 19.3. The van der Waals surface area contributed by atoms with Crippen LogP contribution in [0.2, 0.25) is 0 Å². The first-order chi connectivity index (χ1) is 15.4. The third kappa shape index (κ3) is 4.22. The first kappa shape index (κ1) is 21.2. The van der Waals surface area contributed by atoms with Crippen molar-refractivity contribution in [1.29, 1.82) is 0 Å². The normalized spacial score (nSPS) is 11.1. The Morgan fingerprint density at radius 2 is 1.84 bits per heavy atom. The number of benzene rings is 2. The van der Waals surface area contributed by atoms with Gasteiger partial charge in [-0.2, -0.15) is 8.78 Å². The fourth-order valence-electron chi connectivity index (χ4n) is 3.40. The van der Waals surface area contributed by atoms with Gasteiger partial charge < -0.3 is 19.3 Å². The average molecular weight is 439 g/mol. The molecule has 32 heavy (non-hydrogen) atoms. The Kier molecular flexibility index (Phi) is 5.72. The van der Waals surface area contributed by atoms with Gasteiger partial charge in [0.1, 0.15) is 11.5 Å². The molecule has 7 nitrogen and oxygen atoms in total. The van der Waals surface area contributed by atoms with E-state index in [-0.39, 0.29) is 11.5 Å². The number of carbonyl (C=O) groups excluding carboxylic acids is 1. The number of methoxy groups -OCH3 is 1. The van der Waals surface area contributed by atoms with Crippen LogP contribution in [0.15, 0.2) is 53.1 Å². The molecule has 9 heteroatoms. The predicted molar refractivity (Wildman–Crippen MR) is 114 cm³/mol. The Hall–Kier alpha value is -4.01. The summed E-state index contributed by atoms with van der Waals surface area (Å²) in [4.78, 5) is 17.3. The number of aromatic nitrogens is 2. The summed E-state index contributed by atoms with van der Waals surface area (Å²) < 4.78 is 40.9. The lowest BCUT2D eigenvalue weighted by molar-refractivity contribution is -0.0494. The van der Waals surface area contributed by atoms with Gasteiger partial charge in [-0.15, -0.1) is 0 Å². The van der Waals surface area contributed by atoms with Crippen molar-refractivity contribution in [2.24, 2.45) is 0 Å². The number of fused-ring (bicyclic) bond motifs is 1. The Balaban J connectivity index is 1.71. The van der Waals surface area contributed by atoms with Gasteiger partial charge in [-0.05, 0) is 55.8 Å². The lowest BCUT2D eigenvalue weighted by Crippen LogP contribution is -2.13. The molecule has 2 aromatic carbocycles. The molecule has 2 heterocycles. The van der Waals surface area contributed by atoms with E-state index in [9.17, 15) is 13.6 Å². The van der Waals surface area contributed by atoms with E-state index >= 15 is 0 Å². The van der Waals surface area contributed by atoms with E-state index in [1.54, 1.807) is 50.2 Å². The monoisotopic (exact) mass is 439 g/mol. The fraction of sp³-hybridized carbons (Fsp3) is 0.174. The number of anilines is 1. The molecule has 0 aliphatic heterocycles. The zero-order valence-corrected chi connectivity index (χ0v) is 17.5. The highest BCUT2D eigenvalue weighted by Crippen LogP contribution is 2.35. The van der Waals surface area contributed by atoms with Gasteiger partial charge in [0.2, 0.25) is 0 Å². The average Bonchev–Trinajstić information content (AvgIpc) is 3.14. The smallest absolute Gasteiger partial charge is 0.387 e. The number of ether oxygens (including phenoxy) is 2. The van der Waals surface area contributed by atoms with E-state index in [0.29, 0.717) is 44.9 Å². The van der Waals surface area contributed by atoms with Crippen LogP contribution < -0.4 is 14.8 Å². The summed E-state index contributed by atoms with van der Waals surface area (Å²) in [6, 6.07) is 12.9. The van der Waals surface area contributed by atoms with Gasteiger partial charge in [-0.1, -0.05) is 17.3 Å². The second-order valence-electron chi connectivity index (χ2n) is 7.03. The molecular formula is C23H19F2N3O4. The largest absolute Gasteiger partial charge is 0.497 e. The molecule has 2 aromatic heterocycles. The topological polar surface area (TPSA) is 86.5 Å². The summed E-state index contributed by atoms with van der Waals surface area (Å²) in [5, 5.41) is 7.20. The van der Waals surface area contributed by atoms with E-state index in [4.69, 9.17) is 9.26 Å². The molecule has 1 amide bonds. The Morgan fingerprint density at radius 1 is 1.09 bits per heavy atom. The second kappa shape index (κ2) is 8.62. The van der Waals surface area contributed by atoms with Gasteiger partial charge in [0.05, 0.1) is 23.8 Å². The molecule has 0 atom stereocenters. The van der Waals surface area contributed by atoms with E-state index in [0.717, 1.165) is 0 Å². The summed E-state index contributed by atoms with van der Waals surface area (Å²) in [6.45, 7) is 0.474. The minimum Gasteiger partial charge on any atom is -0.497 e. The lowest BCUT2D eigenvalue weighted by Gasteiger charge is -2.14. The Labute approximate surface area is 182 Å². The predicted octanol–water partition coefficient (Wildman–Crippen LogP) is 5.37. The van der Waals surface area contributed by atoms with Crippen molar-refractivity contribution in [3.8, 4) is 22.6 Å². The summed E-state index contributed by atoms with van der Waals surface area (Å²) in [7, 11) is 1.53. The van der Waals surface area contributed by atoms with E-state index in [2.05, 4.69) is 20.2 Å². The molecule has 0 saturated carbocycles. The third-order valence-electron chi connectivity index (χ3n) is 4.84. The maximum Gasteiger partial charge on any atom is 0.387 e. The SMILES string of the molecule is COc1ccc(-c2cc(NC(=O)c3cc(C)nc4onc(C)c34)ccc2OC(F)F)cc1. The molecule has 0 aliphatic carbocycles. The first-order valence-corrected chi connectivity index (χ1v) is 9.64. The number of aryl methyl sites for hydroxylation is 2. The lowest BCUT2D eigenvalue weighted by atomic mass is 10.0. The zero-order valence-electron chi connectivity index (χ0n) is 17.5. The molecule has 0 bridgehead atoms.